The van der Waals surface area contributed by atoms with Gasteiger partial charge in [0.1, 0.15) is 5.82 Å². The minimum atomic E-state index is -4.69. The predicted octanol–water partition coefficient (Wildman–Crippen LogP) is 5.21. The van der Waals surface area contributed by atoms with Crippen molar-refractivity contribution in [2.75, 3.05) is 6.54 Å². The summed E-state index contributed by atoms with van der Waals surface area (Å²) in [6.45, 7) is 2.47. The second-order valence-corrected chi connectivity index (χ2v) is 7.22. The van der Waals surface area contributed by atoms with Crippen LogP contribution in [0.15, 0.2) is 29.6 Å². The van der Waals surface area contributed by atoms with Crippen LogP contribution in [-0.4, -0.2) is 6.54 Å². The second-order valence-electron chi connectivity index (χ2n) is 4.41. The largest absolute Gasteiger partial charge is 0.419 e. The van der Waals surface area contributed by atoms with E-state index < -0.39 is 17.6 Å². The van der Waals surface area contributed by atoms with Gasteiger partial charge < -0.3 is 5.32 Å². The van der Waals surface area contributed by atoms with Crippen molar-refractivity contribution in [2.24, 2.45) is 0 Å². The molecule has 114 valence electrons. The zero-order chi connectivity index (χ0) is 15.6. The highest BCUT2D eigenvalue weighted by atomic mass is 127. The maximum atomic E-state index is 13.4. The topological polar surface area (TPSA) is 12.0 Å². The van der Waals surface area contributed by atoms with Gasteiger partial charge in [0, 0.05) is 0 Å². The third kappa shape index (κ3) is 3.95. The van der Waals surface area contributed by atoms with Crippen LogP contribution in [0, 0.1) is 8.70 Å². The lowest BCUT2D eigenvalue weighted by atomic mass is 9.98. The van der Waals surface area contributed by atoms with Crippen molar-refractivity contribution in [3.8, 4) is 0 Å². The summed E-state index contributed by atoms with van der Waals surface area (Å²) in [5, 5.41) is 5.03. The number of nitrogens with one attached hydrogen (secondary N) is 1. The Labute approximate surface area is 137 Å². The van der Waals surface area contributed by atoms with E-state index in [1.165, 1.54) is 17.4 Å². The zero-order valence-electron chi connectivity index (χ0n) is 11.0. The lowest BCUT2D eigenvalue weighted by molar-refractivity contribution is -0.140. The highest BCUT2D eigenvalue weighted by Crippen LogP contribution is 2.35. The van der Waals surface area contributed by atoms with Gasteiger partial charge in [0.2, 0.25) is 0 Å². The molecule has 1 heterocycles. The first-order valence-electron chi connectivity index (χ1n) is 6.17. The number of thiophene rings is 1. The van der Waals surface area contributed by atoms with Gasteiger partial charge in [-0.25, -0.2) is 4.39 Å². The summed E-state index contributed by atoms with van der Waals surface area (Å²) in [5.41, 5.74) is 0.0542. The summed E-state index contributed by atoms with van der Waals surface area (Å²) >= 11 is 3.67. The van der Waals surface area contributed by atoms with Gasteiger partial charge in [0.25, 0.3) is 0 Å². The molecule has 0 bridgehead atoms. The SMILES string of the molecule is CCNC(c1csc(I)c1)c1ccc(F)c(C(F)(F)F)c1. The fraction of sp³-hybridized carbons (Fsp3) is 0.286. The first-order chi connectivity index (χ1) is 9.82. The molecule has 0 aliphatic heterocycles. The lowest BCUT2D eigenvalue weighted by Crippen LogP contribution is -2.22. The minimum absolute atomic E-state index is 0.378. The number of rotatable bonds is 4. The van der Waals surface area contributed by atoms with E-state index in [9.17, 15) is 17.6 Å². The fourth-order valence-electron chi connectivity index (χ4n) is 2.05. The predicted molar refractivity (Wildman–Crippen MR) is 84.0 cm³/mol. The van der Waals surface area contributed by atoms with Gasteiger partial charge in [-0.1, -0.05) is 13.0 Å². The van der Waals surface area contributed by atoms with E-state index in [-0.39, 0.29) is 6.04 Å². The molecule has 2 aromatic rings. The van der Waals surface area contributed by atoms with Crippen molar-refractivity contribution in [1.82, 2.24) is 5.32 Å². The average molecular weight is 429 g/mol. The van der Waals surface area contributed by atoms with Crippen LogP contribution in [0.4, 0.5) is 17.6 Å². The zero-order valence-corrected chi connectivity index (χ0v) is 13.9. The maximum absolute atomic E-state index is 13.4. The summed E-state index contributed by atoms with van der Waals surface area (Å²) in [5.74, 6) is -1.25. The molecule has 1 unspecified atom stereocenters. The van der Waals surface area contributed by atoms with E-state index in [4.69, 9.17) is 0 Å². The Bertz CT molecular complexity index is 624. The molecule has 21 heavy (non-hydrogen) atoms. The van der Waals surface area contributed by atoms with Crippen LogP contribution >= 0.6 is 33.9 Å². The van der Waals surface area contributed by atoms with Gasteiger partial charge in [-0.3, -0.25) is 0 Å². The minimum Gasteiger partial charge on any atom is -0.307 e. The molecule has 0 fully saturated rings. The monoisotopic (exact) mass is 429 g/mol. The number of benzene rings is 1. The molecule has 2 rings (SSSR count). The molecule has 7 heteroatoms. The van der Waals surface area contributed by atoms with E-state index in [1.54, 1.807) is 0 Å². The van der Waals surface area contributed by atoms with Gasteiger partial charge in [-0.2, -0.15) is 13.2 Å². The Morgan fingerprint density at radius 1 is 1.24 bits per heavy atom. The molecule has 1 nitrogen and oxygen atoms in total. The standard InChI is InChI=1S/C14H12F4INS/c1-2-20-13(9-6-12(19)21-7-9)8-3-4-11(15)10(5-8)14(16,17)18/h3-7,13,20H,2H2,1H3. The quantitative estimate of drug-likeness (QED) is 0.520. The molecule has 1 aromatic heterocycles. The van der Waals surface area contributed by atoms with E-state index >= 15 is 0 Å². The van der Waals surface area contributed by atoms with E-state index in [2.05, 4.69) is 27.9 Å². The van der Waals surface area contributed by atoms with Crippen LogP contribution in [0.25, 0.3) is 0 Å². The van der Waals surface area contributed by atoms with Crippen molar-refractivity contribution in [3.05, 3.63) is 55.0 Å². The number of hydrogen-bond acceptors (Lipinski definition) is 2. The molecule has 1 N–H and O–H groups in total. The fourth-order valence-corrected chi connectivity index (χ4v) is 3.44. The normalized spacial score (nSPS) is 13.4. The van der Waals surface area contributed by atoms with Crippen LogP contribution in [0.2, 0.25) is 0 Å². The van der Waals surface area contributed by atoms with E-state index in [0.717, 1.165) is 20.6 Å². The Morgan fingerprint density at radius 2 is 1.95 bits per heavy atom. The van der Waals surface area contributed by atoms with Gasteiger partial charge in [0.15, 0.2) is 0 Å². The number of hydrogen-bond donors (Lipinski definition) is 1. The van der Waals surface area contributed by atoms with Gasteiger partial charge in [-0.05, 0) is 63.8 Å². The van der Waals surface area contributed by atoms with Crippen molar-refractivity contribution in [1.29, 1.82) is 0 Å². The van der Waals surface area contributed by atoms with Crippen LogP contribution < -0.4 is 5.32 Å². The van der Waals surface area contributed by atoms with Crippen LogP contribution in [0.1, 0.15) is 29.7 Å². The first kappa shape index (κ1) is 16.7. The summed E-state index contributed by atoms with van der Waals surface area (Å²) < 4.78 is 52.9. The van der Waals surface area contributed by atoms with Crippen molar-refractivity contribution in [2.45, 2.75) is 19.1 Å². The molecule has 0 amide bonds. The average Bonchev–Trinajstić information content (AvgIpc) is 2.82. The van der Waals surface area contributed by atoms with Gasteiger partial charge in [-0.15, -0.1) is 11.3 Å². The highest BCUT2D eigenvalue weighted by Gasteiger charge is 2.34. The smallest absolute Gasteiger partial charge is 0.307 e. The van der Waals surface area contributed by atoms with Crippen molar-refractivity contribution >= 4 is 33.9 Å². The summed E-state index contributed by atoms with van der Waals surface area (Å²) in [6, 6.07) is 4.68. The Hall–Kier alpha value is -0.670. The molecule has 0 saturated carbocycles. The summed E-state index contributed by atoms with van der Waals surface area (Å²) in [4.78, 5) is 0. The lowest BCUT2D eigenvalue weighted by Gasteiger charge is -2.19. The molecule has 0 radical (unpaired) electrons. The molecule has 0 saturated heterocycles. The number of halogens is 5. The molecule has 0 spiro atoms. The van der Waals surface area contributed by atoms with E-state index in [1.807, 2.05) is 18.4 Å². The maximum Gasteiger partial charge on any atom is 0.419 e. The van der Waals surface area contributed by atoms with E-state index in [0.29, 0.717) is 12.1 Å². The molecule has 0 aliphatic carbocycles. The highest BCUT2D eigenvalue weighted by molar-refractivity contribution is 14.1. The molecule has 1 atom stereocenters. The van der Waals surface area contributed by atoms with Crippen molar-refractivity contribution in [3.63, 3.8) is 0 Å². The third-order valence-electron chi connectivity index (χ3n) is 2.96. The Morgan fingerprint density at radius 3 is 2.48 bits per heavy atom. The third-order valence-corrected chi connectivity index (χ3v) is 4.77. The second kappa shape index (κ2) is 6.62. The van der Waals surface area contributed by atoms with Crippen LogP contribution in [-0.2, 0) is 6.18 Å². The first-order valence-corrected chi connectivity index (χ1v) is 8.12. The molecule has 1 aromatic carbocycles. The van der Waals surface area contributed by atoms with Gasteiger partial charge >= 0.3 is 6.18 Å². The Balaban J connectivity index is 2.46. The molecular weight excluding hydrogens is 417 g/mol. The summed E-state index contributed by atoms with van der Waals surface area (Å²) in [6.07, 6.45) is -4.69. The van der Waals surface area contributed by atoms with Gasteiger partial charge in [0.05, 0.1) is 14.5 Å². The molecular formula is C14H12F4INS. The Kier molecular flexibility index (Phi) is 5.26. The van der Waals surface area contributed by atoms with Crippen LogP contribution in [0.3, 0.4) is 0 Å². The van der Waals surface area contributed by atoms with Crippen molar-refractivity contribution < 1.29 is 17.6 Å². The summed E-state index contributed by atoms with van der Waals surface area (Å²) in [7, 11) is 0. The van der Waals surface area contributed by atoms with Crippen LogP contribution in [0.5, 0.6) is 0 Å². The molecule has 0 aliphatic rings. The number of alkyl halides is 3.